The van der Waals surface area contributed by atoms with E-state index in [-0.39, 0.29) is 24.0 Å². The van der Waals surface area contributed by atoms with Gasteiger partial charge in [0.05, 0.1) is 0 Å². The quantitative estimate of drug-likeness (QED) is 0.299. The van der Waals surface area contributed by atoms with Crippen LogP contribution in [0.15, 0.2) is 22.5 Å². The maximum absolute atomic E-state index is 5.28. The second kappa shape index (κ2) is 12.1. The summed E-state index contributed by atoms with van der Waals surface area (Å²) in [6, 6.07) is 4.35. The van der Waals surface area contributed by atoms with E-state index in [0.717, 1.165) is 45.0 Å². The normalized spacial score (nSPS) is 17.3. The molecule has 1 aliphatic carbocycles. The molecule has 0 aromatic carbocycles. The van der Waals surface area contributed by atoms with Crippen LogP contribution in [0.3, 0.4) is 0 Å². The monoisotopic (exact) mass is 479 g/mol. The minimum absolute atomic E-state index is 0. The number of hydrogen-bond acceptors (Lipinski definition) is 3. The highest BCUT2D eigenvalue weighted by Crippen LogP contribution is 2.44. The SMILES string of the molecule is CCNC(=NCC1(CCOC)CCC1)NCC(C)Cc1cccs1.I. The molecule has 6 heteroatoms. The summed E-state index contributed by atoms with van der Waals surface area (Å²) >= 11 is 1.84. The Balaban J connectivity index is 0.00000312. The Bertz CT molecular complexity index is 489. The van der Waals surface area contributed by atoms with Crippen molar-refractivity contribution in [3.05, 3.63) is 22.4 Å². The van der Waals surface area contributed by atoms with E-state index in [1.807, 2.05) is 11.3 Å². The first-order valence-corrected chi connectivity index (χ1v) is 10.1. The lowest BCUT2D eigenvalue weighted by Crippen LogP contribution is -2.41. The molecule has 4 nitrogen and oxygen atoms in total. The van der Waals surface area contributed by atoms with Crippen molar-refractivity contribution in [3.8, 4) is 0 Å². The van der Waals surface area contributed by atoms with E-state index in [1.54, 1.807) is 7.11 Å². The largest absolute Gasteiger partial charge is 0.385 e. The molecule has 2 rings (SSSR count). The highest BCUT2D eigenvalue weighted by molar-refractivity contribution is 14.0. The van der Waals surface area contributed by atoms with Gasteiger partial charge in [-0.25, -0.2) is 0 Å². The molecular weight excluding hydrogens is 445 g/mol. The van der Waals surface area contributed by atoms with E-state index in [2.05, 4.69) is 42.0 Å². The zero-order valence-electron chi connectivity index (χ0n) is 15.8. The van der Waals surface area contributed by atoms with Crippen LogP contribution in [0.25, 0.3) is 0 Å². The Labute approximate surface area is 174 Å². The lowest BCUT2D eigenvalue weighted by molar-refractivity contribution is 0.0778. The fourth-order valence-corrected chi connectivity index (χ4v) is 4.06. The Morgan fingerprint density at radius 1 is 1.40 bits per heavy atom. The van der Waals surface area contributed by atoms with Crippen LogP contribution in [0.4, 0.5) is 0 Å². The van der Waals surface area contributed by atoms with Gasteiger partial charge in [-0.15, -0.1) is 35.3 Å². The molecule has 1 atom stereocenters. The van der Waals surface area contributed by atoms with Gasteiger partial charge in [-0.2, -0.15) is 0 Å². The van der Waals surface area contributed by atoms with Gasteiger partial charge >= 0.3 is 0 Å². The van der Waals surface area contributed by atoms with Crippen LogP contribution < -0.4 is 10.6 Å². The second-order valence-corrected chi connectivity index (χ2v) is 8.09. The molecule has 144 valence electrons. The average molecular weight is 479 g/mol. The van der Waals surface area contributed by atoms with Crippen LogP contribution in [-0.4, -0.2) is 39.3 Å². The van der Waals surface area contributed by atoms with Gasteiger partial charge in [0.25, 0.3) is 0 Å². The van der Waals surface area contributed by atoms with Crippen molar-refractivity contribution < 1.29 is 4.74 Å². The molecular formula is C19H34IN3OS. The van der Waals surface area contributed by atoms with Crippen molar-refractivity contribution in [2.75, 3.05) is 33.4 Å². The Morgan fingerprint density at radius 2 is 2.20 bits per heavy atom. The van der Waals surface area contributed by atoms with Gasteiger partial charge in [-0.05, 0) is 55.4 Å². The summed E-state index contributed by atoms with van der Waals surface area (Å²) in [5, 5.41) is 9.06. The predicted octanol–water partition coefficient (Wildman–Crippen LogP) is 4.31. The van der Waals surface area contributed by atoms with E-state index in [9.17, 15) is 0 Å². The van der Waals surface area contributed by atoms with Crippen LogP contribution in [0, 0.1) is 11.3 Å². The molecule has 1 aromatic heterocycles. The zero-order chi connectivity index (χ0) is 17.3. The maximum Gasteiger partial charge on any atom is 0.191 e. The third-order valence-corrected chi connectivity index (χ3v) is 5.81. The van der Waals surface area contributed by atoms with Crippen molar-refractivity contribution >= 4 is 41.3 Å². The van der Waals surface area contributed by atoms with Gasteiger partial charge < -0.3 is 15.4 Å². The van der Waals surface area contributed by atoms with E-state index in [0.29, 0.717) is 11.3 Å². The molecule has 0 amide bonds. The summed E-state index contributed by atoms with van der Waals surface area (Å²) in [6.45, 7) is 8.02. The molecule has 0 radical (unpaired) electrons. The molecule has 2 N–H and O–H groups in total. The topological polar surface area (TPSA) is 45.7 Å². The van der Waals surface area contributed by atoms with E-state index in [4.69, 9.17) is 9.73 Å². The summed E-state index contributed by atoms with van der Waals surface area (Å²) in [7, 11) is 1.79. The molecule has 1 unspecified atom stereocenters. The van der Waals surface area contributed by atoms with Gasteiger partial charge in [0, 0.05) is 38.2 Å². The fraction of sp³-hybridized carbons (Fsp3) is 0.737. The molecule has 1 saturated carbocycles. The first-order chi connectivity index (χ1) is 11.7. The molecule has 0 spiro atoms. The smallest absolute Gasteiger partial charge is 0.191 e. The van der Waals surface area contributed by atoms with Crippen LogP contribution >= 0.6 is 35.3 Å². The lowest BCUT2D eigenvalue weighted by Gasteiger charge is -2.40. The van der Waals surface area contributed by atoms with Crippen molar-refractivity contribution in [1.29, 1.82) is 0 Å². The fourth-order valence-electron chi connectivity index (χ4n) is 3.19. The van der Waals surface area contributed by atoms with E-state index >= 15 is 0 Å². The number of thiophene rings is 1. The molecule has 1 aromatic rings. The lowest BCUT2D eigenvalue weighted by atomic mass is 9.67. The zero-order valence-corrected chi connectivity index (χ0v) is 19.0. The number of nitrogens with zero attached hydrogens (tertiary/aromatic N) is 1. The van der Waals surface area contributed by atoms with Crippen molar-refractivity contribution in [3.63, 3.8) is 0 Å². The number of nitrogens with one attached hydrogen (secondary N) is 2. The van der Waals surface area contributed by atoms with Gasteiger partial charge in [-0.3, -0.25) is 4.99 Å². The number of methoxy groups -OCH3 is 1. The van der Waals surface area contributed by atoms with E-state index in [1.165, 1.54) is 24.1 Å². The number of hydrogen-bond donors (Lipinski definition) is 2. The Morgan fingerprint density at radius 3 is 2.76 bits per heavy atom. The summed E-state index contributed by atoms with van der Waals surface area (Å²) in [5.74, 6) is 1.55. The third-order valence-electron chi connectivity index (χ3n) is 4.92. The minimum atomic E-state index is 0. The van der Waals surface area contributed by atoms with Gasteiger partial charge in [0.2, 0.25) is 0 Å². The first kappa shape index (κ1) is 22.7. The highest BCUT2D eigenvalue weighted by atomic mass is 127. The molecule has 25 heavy (non-hydrogen) atoms. The summed E-state index contributed by atoms with van der Waals surface area (Å²) in [4.78, 5) is 6.33. The summed E-state index contributed by atoms with van der Waals surface area (Å²) in [5.41, 5.74) is 0.376. The number of rotatable bonds is 10. The molecule has 1 aliphatic rings. The maximum atomic E-state index is 5.28. The van der Waals surface area contributed by atoms with Crippen molar-refractivity contribution in [2.24, 2.45) is 16.3 Å². The molecule has 0 aliphatic heterocycles. The van der Waals surface area contributed by atoms with Crippen molar-refractivity contribution in [1.82, 2.24) is 10.6 Å². The Hall–Kier alpha value is -0.340. The first-order valence-electron chi connectivity index (χ1n) is 9.21. The van der Waals surface area contributed by atoms with E-state index < -0.39 is 0 Å². The molecule has 0 bridgehead atoms. The van der Waals surface area contributed by atoms with Crippen LogP contribution in [0.5, 0.6) is 0 Å². The van der Waals surface area contributed by atoms with Crippen LogP contribution in [0.1, 0.15) is 44.4 Å². The van der Waals surface area contributed by atoms with Gasteiger partial charge in [0.1, 0.15) is 0 Å². The standard InChI is InChI=1S/C19H33N3OS.HI/c1-4-20-18(21-14-16(2)13-17-7-5-12-24-17)22-15-19(8-6-9-19)10-11-23-3;/h5,7,12,16H,4,6,8-11,13-15H2,1-3H3,(H2,20,21,22);1H. The van der Waals surface area contributed by atoms with Crippen molar-refractivity contribution in [2.45, 2.75) is 46.0 Å². The average Bonchev–Trinajstić information content (AvgIpc) is 3.04. The Kier molecular flexibility index (Phi) is 11.0. The molecule has 1 fully saturated rings. The number of ether oxygens (including phenoxy) is 1. The minimum Gasteiger partial charge on any atom is -0.385 e. The third kappa shape index (κ3) is 7.83. The molecule has 1 heterocycles. The molecule has 0 saturated heterocycles. The summed E-state index contributed by atoms with van der Waals surface area (Å²) < 4.78 is 5.28. The highest BCUT2D eigenvalue weighted by Gasteiger charge is 2.36. The second-order valence-electron chi connectivity index (χ2n) is 7.06. The number of aliphatic imine (C=N–C) groups is 1. The van der Waals surface area contributed by atoms with Gasteiger partial charge in [0.15, 0.2) is 5.96 Å². The number of guanidine groups is 1. The summed E-state index contributed by atoms with van der Waals surface area (Å²) in [6.07, 6.45) is 6.16. The van der Waals surface area contributed by atoms with Crippen LogP contribution in [0.2, 0.25) is 0 Å². The predicted molar refractivity (Wildman–Crippen MR) is 119 cm³/mol. The van der Waals surface area contributed by atoms with Crippen LogP contribution in [-0.2, 0) is 11.2 Å². The number of halogens is 1. The van der Waals surface area contributed by atoms with Gasteiger partial charge in [-0.1, -0.05) is 19.4 Å².